The van der Waals surface area contributed by atoms with Crippen LogP contribution in [0.4, 0.5) is 11.6 Å². The lowest BCUT2D eigenvalue weighted by atomic mass is 10.1. The molecule has 3 aromatic heterocycles. The molecule has 1 fully saturated rings. The molecule has 40 heavy (non-hydrogen) atoms. The van der Waals surface area contributed by atoms with Crippen molar-refractivity contribution in [1.29, 1.82) is 0 Å². The molecule has 0 spiro atoms. The fourth-order valence-corrected chi connectivity index (χ4v) is 5.04. The van der Waals surface area contributed by atoms with Crippen molar-refractivity contribution in [1.82, 2.24) is 19.9 Å². The zero-order valence-corrected chi connectivity index (χ0v) is 23.3. The number of benzene rings is 1. The maximum Gasteiger partial charge on any atom is 0.280 e. The summed E-state index contributed by atoms with van der Waals surface area (Å²) < 4.78 is 47.2. The molecular weight excluding hydrogens is 532 g/mol. The molecule has 0 amide bonds. The molecule has 11 nitrogen and oxygen atoms in total. The number of nitrogens with zero attached hydrogens (tertiary/aromatic N) is 5. The number of sulfonamides is 1. The largest absolute Gasteiger partial charge is 0.493 e. The Morgan fingerprint density at radius 3 is 2.35 bits per heavy atom. The van der Waals surface area contributed by atoms with Crippen LogP contribution in [0.1, 0.15) is 25.3 Å². The Morgan fingerprint density at radius 1 is 0.975 bits per heavy atom. The summed E-state index contributed by atoms with van der Waals surface area (Å²) in [5, 5.41) is -0.142. The Labute approximate surface area is 233 Å². The molecule has 0 atom stereocenters. The molecule has 12 heteroatoms. The number of para-hydroxylation sites is 2. The van der Waals surface area contributed by atoms with Crippen LogP contribution < -0.4 is 19.1 Å². The van der Waals surface area contributed by atoms with Gasteiger partial charge in [0, 0.05) is 37.2 Å². The van der Waals surface area contributed by atoms with E-state index >= 15 is 0 Å². The SMILES string of the molecule is COc1ccccc1Oc1c(NS(=O)(=O)c2ccc(C(C)C)cn2)nc(-c2ccncc2)nc1N1CCOCC1. The number of pyridine rings is 2. The van der Waals surface area contributed by atoms with Crippen LogP contribution in [0.5, 0.6) is 17.2 Å². The van der Waals surface area contributed by atoms with Gasteiger partial charge in [-0.05, 0) is 41.8 Å². The molecule has 0 unspecified atom stereocenters. The molecule has 0 saturated carbocycles. The van der Waals surface area contributed by atoms with E-state index in [1.54, 1.807) is 55.0 Å². The third-order valence-corrected chi connectivity index (χ3v) is 7.56. The van der Waals surface area contributed by atoms with Gasteiger partial charge in [-0.15, -0.1) is 0 Å². The van der Waals surface area contributed by atoms with Gasteiger partial charge in [0.1, 0.15) is 0 Å². The average molecular weight is 563 g/mol. The first-order valence-electron chi connectivity index (χ1n) is 12.8. The second kappa shape index (κ2) is 11.8. The predicted octanol–water partition coefficient (Wildman–Crippen LogP) is 4.50. The quantitative estimate of drug-likeness (QED) is 0.311. The predicted molar refractivity (Wildman–Crippen MR) is 150 cm³/mol. The van der Waals surface area contributed by atoms with Crippen LogP contribution in [0.2, 0.25) is 0 Å². The van der Waals surface area contributed by atoms with Crippen LogP contribution in [-0.2, 0) is 14.8 Å². The minimum Gasteiger partial charge on any atom is -0.493 e. The summed E-state index contributed by atoms with van der Waals surface area (Å²) in [4.78, 5) is 19.7. The van der Waals surface area contributed by atoms with Crippen molar-refractivity contribution < 1.29 is 22.6 Å². The fraction of sp³-hybridized carbons (Fsp3) is 0.286. The molecule has 4 aromatic rings. The second-order valence-corrected chi connectivity index (χ2v) is 11.0. The van der Waals surface area contributed by atoms with Gasteiger partial charge in [0.05, 0.1) is 20.3 Å². The van der Waals surface area contributed by atoms with Gasteiger partial charge >= 0.3 is 0 Å². The number of nitrogens with one attached hydrogen (secondary N) is 1. The van der Waals surface area contributed by atoms with Crippen molar-refractivity contribution in [3.05, 3.63) is 72.7 Å². The summed E-state index contributed by atoms with van der Waals surface area (Å²) in [7, 11) is -2.62. The van der Waals surface area contributed by atoms with Gasteiger partial charge in [-0.1, -0.05) is 32.0 Å². The van der Waals surface area contributed by atoms with E-state index in [4.69, 9.17) is 19.2 Å². The van der Waals surface area contributed by atoms with Gasteiger partial charge in [-0.25, -0.2) is 15.0 Å². The van der Waals surface area contributed by atoms with E-state index in [2.05, 4.69) is 19.7 Å². The number of methoxy groups -OCH3 is 1. The summed E-state index contributed by atoms with van der Waals surface area (Å²) in [6.45, 7) is 6.05. The first-order chi connectivity index (χ1) is 19.4. The molecule has 1 aliphatic rings. The first-order valence-corrected chi connectivity index (χ1v) is 14.3. The highest BCUT2D eigenvalue weighted by Gasteiger charge is 2.28. The third-order valence-electron chi connectivity index (χ3n) is 6.31. The summed E-state index contributed by atoms with van der Waals surface area (Å²) in [6.07, 6.45) is 4.81. The fourth-order valence-electron chi connectivity index (χ4n) is 4.11. The minimum atomic E-state index is -4.15. The summed E-state index contributed by atoms with van der Waals surface area (Å²) >= 11 is 0. The lowest BCUT2D eigenvalue weighted by Crippen LogP contribution is -2.37. The normalized spacial score (nSPS) is 13.8. The van der Waals surface area contributed by atoms with Crippen molar-refractivity contribution in [3.8, 4) is 28.6 Å². The van der Waals surface area contributed by atoms with Crippen molar-refractivity contribution >= 4 is 21.7 Å². The number of aromatic nitrogens is 4. The number of hydrogen-bond donors (Lipinski definition) is 1. The monoisotopic (exact) mass is 562 g/mol. The maximum absolute atomic E-state index is 13.6. The first kappa shape index (κ1) is 27.3. The molecule has 0 aliphatic carbocycles. The van der Waals surface area contributed by atoms with E-state index in [0.29, 0.717) is 55.0 Å². The minimum absolute atomic E-state index is 0.0380. The molecule has 5 rings (SSSR count). The zero-order valence-electron chi connectivity index (χ0n) is 22.4. The van der Waals surface area contributed by atoms with E-state index in [1.165, 1.54) is 13.2 Å². The van der Waals surface area contributed by atoms with Crippen molar-refractivity contribution in [3.63, 3.8) is 0 Å². The van der Waals surface area contributed by atoms with E-state index < -0.39 is 10.0 Å². The summed E-state index contributed by atoms with van der Waals surface area (Å²) in [5.41, 5.74) is 1.59. The lowest BCUT2D eigenvalue weighted by molar-refractivity contribution is 0.122. The highest BCUT2D eigenvalue weighted by atomic mass is 32.2. The standard InChI is InChI=1S/C28H30N6O5S/c1-19(2)21-8-9-24(30-18-21)40(35,36)33-27-25(39-23-7-5-4-6-22(23)37-3)28(34-14-16-38-17-15-34)32-26(31-27)20-10-12-29-13-11-20/h4-13,18-19H,14-17H2,1-3H3,(H,31,32,33). The summed E-state index contributed by atoms with van der Waals surface area (Å²) in [6, 6.07) is 13.8. The Morgan fingerprint density at radius 2 is 1.70 bits per heavy atom. The Kier molecular flexibility index (Phi) is 8.08. The van der Waals surface area contributed by atoms with Gasteiger partial charge in [-0.2, -0.15) is 8.42 Å². The van der Waals surface area contributed by atoms with Gasteiger partial charge in [-0.3, -0.25) is 9.71 Å². The van der Waals surface area contributed by atoms with Crippen molar-refractivity contribution in [2.45, 2.75) is 24.8 Å². The Hall–Kier alpha value is -4.29. The van der Waals surface area contributed by atoms with E-state index in [-0.39, 0.29) is 22.5 Å². The Balaban J connectivity index is 1.67. The van der Waals surface area contributed by atoms with Crippen molar-refractivity contribution in [2.75, 3.05) is 43.0 Å². The second-order valence-electron chi connectivity index (χ2n) is 9.33. The number of rotatable bonds is 9. The van der Waals surface area contributed by atoms with Crippen LogP contribution >= 0.6 is 0 Å². The molecule has 1 saturated heterocycles. The number of hydrogen-bond acceptors (Lipinski definition) is 10. The summed E-state index contributed by atoms with van der Waals surface area (Å²) in [5.74, 6) is 1.86. The topological polar surface area (TPSA) is 129 Å². The van der Waals surface area contributed by atoms with Gasteiger partial charge in [0.25, 0.3) is 10.0 Å². The number of morpholine rings is 1. The smallest absolute Gasteiger partial charge is 0.280 e. The van der Waals surface area contributed by atoms with Crippen LogP contribution in [0.15, 0.2) is 72.1 Å². The molecule has 208 valence electrons. The number of ether oxygens (including phenoxy) is 3. The average Bonchev–Trinajstić information content (AvgIpc) is 2.99. The van der Waals surface area contributed by atoms with Gasteiger partial charge in [0.2, 0.25) is 5.75 Å². The van der Waals surface area contributed by atoms with Gasteiger partial charge < -0.3 is 19.1 Å². The third kappa shape index (κ3) is 5.97. The van der Waals surface area contributed by atoms with E-state index in [1.807, 2.05) is 24.8 Å². The highest BCUT2D eigenvalue weighted by molar-refractivity contribution is 7.92. The molecule has 1 aromatic carbocycles. The van der Waals surface area contributed by atoms with E-state index in [9.17, 15) is 8.42 Å². The zero-order chi connectivity index (χ0) is 28.1. The van der Waals surface area contributed by atoms with Crippen molar-refractivity contribution in [2.24, 2.45) is 0 Å². The molecular formula is C28H30N6O5S. The lowest BCUT2D eigenvalue weighted by Gasteiger charge is -2.30. The Bertz CT molecular complexity index is 1560. The van der Waals surface area contributed by atoms with Crippen LogP contribution in [-0.4, -0.2) is 61.8 Å². The van der Waals surface area contributed by atoms with Gasteiger partial charge in [0.15, 0.2) is 34.0 Å². The van der Waals surface area contributed by atoms with E-state index in [0.717, 1.165) is 5.56 Å². The van der Waals surface area contributed by atoms with Crippen LogP contribution in [0.25, 0.3) is 11.4 Å². The molecule has 1 N–H and O–H groups in total. The highest BCUT2D eigenvalue weighted by Crippen LogP contribution is 2.42. The molecule has 0 radical (unpaired) electrons. The molecule has 0 bridgehead atoms. The number of anilines is 2. The molecule has 4 heterocycles. The van der Waals surface area contributed by atoms with Crippen LogP contribution in [0, 0.1) is 0 Å². The molecule has 1 aliphatic heterocycles. The van der Waals surface area contributed by atoms with Crippen LogP contribution in [0.3, 0.4) is 0 Å². The maximum atomic E-state index is 13.6.